The standard InChI is InChI=1S/C39H42N4O5/c1-25(47-31-18-10-27(11-19-31)38(2,3)4)36(45)40-29-14-8-26(9-15-29)37(46)41-34-24-35(44)42-43(34)30-16-22-33(23-17-30)48-32-20-12-28(13-21-32)39(5,6)7/h8-25H,1-7H3,(H,40,45)(H,41,46)(H,42,44). The molecular weight excluding hydrogens is 604 g/mol. The SMILES string of the molecule is CC(Oc1ccc(C(C)(C)C)cc1)C(=O)Nc1ccc(C(=O)Nc2cc(=O)[nH]n2-c2ccc(Oc3ccc(C(C)(C)C)cc3)cc2)cc1. The van der Waals surface area contributed by atoms with Crippen LogP contribution in [-0.2, 0) is 15.6 Å². The van der Waals surface area contributed by atoms with Crippen LogP contribution in [0.15, 0.2) is 108 Å². The average Bonchev–Trinajstić information content (AvgIpc) is 3.40. The van der Waals surface area contributed by atoms with Gasteiger partial charge in [0.1, 0.15) is 23.1 Å². The topological polar surface area (TPSA) is 114 Å². The normalized spacial score (nSPS) is 12.2. The highest BCUT2D eigenvalue weighted by molar-refractivity contribution is 6.04. The first-order chi connectivity index (χ1) is 22.7. The number of aromatic nitrogens is 2. The zero-order chi connectivity index (χ0) is 34.6. The quantitative estimate of drug-likeness (QED) is 0.149. The minimum atomic E-state index is -0.737. The third kappa shape index (κ3) is 8.41. The molecule has 4 aromatic carbocycles. The monoisotopic (exact) mass is 646 g/mol. The van der Waals surface area contributed by atoms with E-state index < -0.39 is 12.0 Å². The van der Waals surface area contributed by atoms with E-state index in [9.17, 15) is 14.4 Å². The van der Waals surface area contributed by atoms with E-state index in [0.29, 0.717) is 34.2 Å². The zero-order valence-electron chi connectivity index (χ0n) is 28.4. The molecule has 1 unspecified atom stereocenters. The van der Waals surface area contributed by atoms with Gasteiger partial charge < -0.3 is 20.1 Å². The molecule has 248 valence electrons. The molecule has 5 rings (SSSR count). The molecule has 1 atom stereocenters. The van der Waals surface area contributed by atoms with Crippen LogP contribution in [-0.4, -0.2) is 27.7 Å². The lowest BCUT2D eigenvalue weighted by molar-refractivity contribution is -0.122. The van der Waals surface area contributed by atoms with E-state index >= 15 is 0 Å². The van der Waals surface area contributed by atoms with Gasteiger partial charge in [0.05, 0.1) is 5.69 Å². The summed E-state index contributed by atoms with van der Waals surface area (Å²) in [4.78, 5) is 38.2. The molecule has 1 heterocycles. The first-order valence-corrected chi connectivity index (χ1v) is 15.9. The number of aromatic amines is 1. The molecule has 3 N–H and O–H groups in total. The fraction of sp³-hybridized carbons (Fsp3) is 0.256. The molecule has 9 heteroatoms. The molecule has 48 heavy (non-hydrogen) atoms. The molecular formula is C39H42N4O5. The van der Waals surface area contributed by atoms with Crippen LogP contribution in [0.1, 0.15) is 70.0 Å². The highest BCUT2D eigenvalue weighted by atomic mass is 16.5. The number of amides is 2. The minimum Gasteiger partial charge on any atom is -0.481 e. The van der Waals surface area contributed by atoms with Crippen LogP contribution < -0.4 is 25.7 Å². The lowest BCUT2D eigenvalue weighted by Gasteiger charge is -2.20. The number of ether oxygens (including phenoxy) is 2. The van der Waals surface area contributed by atoms with Gasteiger partial charge in [0.2, 0.25) is 0 Å². The zero-order valence-corrected chi connectivity index (χ0v) is 28.4. The van der Waals surface area contributed by atoms with Crippen molar-refractivity contribution < 1.29 is 19.1 Å². The summed E-state index contributed by atoms with van der Waals surface area (Å²) in [5, 5.41) is 8.33. The Morgan fingerprint density at radius 3 is 1.71 bits per heavy atom. The van der Waals surface area contributed by atoms with E-state index in [-0.39, 0.29) is 28.1 Å². The molecule has 0 bridgehead atoms. The fourth-order valence-electron chi connectivity index (χ4n) is 4.94. The molecule has 2 amide bonds. The first kappa shape index (κ1) is 33.8. The summed E-state index contributed by atoms with van der Waals surface area (Å²) in [7, 11) is 0. The van der Waals surface area contributed by atoms with E-state index in [0.717, 1.165) is 0 Å². The van der Waals surface area contributed by atoms with E-state index in [1.165, 1.54) is 21.9 Å². The molecule has 0 saturated heterocycles. The molecule has 9 nitrogen and oxygen atoms in total. The molecule has 0 saturated carbocycles. The smallest absolute Gasteiger partial charge is 0.266 e. The van der Waals surface area contributed by atoms with Crippen LogP contribution in [0.2, 0.25) is 0 Å². The summed E-state index contributed by atoms with van der Waals surface area (Å²) in [6, 6.07) is 30.6. The third-order valence-electron chi connectivity index (χ3n) is 7.84. The number of H-pyrrole nitrogens is 1. The molecule has 0 fully saturated rings. The Labute approximate surface area is 280 Å². The highest BCUT2D eigenvalue weighted by Gasteiger charge is 2.18. The van der Waals surface area contributed by atoms with Gasteiger partial charge in [-0.2, -0.15) is 0 Å². The number of hydrogen-bond donors (Lipinski definition) is 3. The molecule has 5 aromatic rings. The van der Waals surface area contributed by atoms with Crippen molar-refractivity contribution in [2.45, 2.75) is 65.4 Å². The Kier molecular flexibility index (Phi) is 9.61. The van der Waals surface area contributed by atoms with Crippen LogP contribution in [0.4, 0.5) is 11.5 Å². The van der Waals surface area contributed by atoms with E-state index in [4.69, 9.17) is 9.47 Å². The van der Waals surface area contributed by atoms with Crippen molar-refractivity contribution in [3.63, 3.8) is 0 Å². The molecule has 1 aromatic heterocycles. The van der Waals surface area contributed by atoms with Crippen molar-refractivity contribution >= 4 is 23.3 Å². The van der Waals surface area contributed by atoms with Crippen LogP contribution >= 0.6 is 0 Å². The summed E-state index contributed by atoms with van der Waals surface area (Å²) in [5.74, 6) is 1.48. The molecule has 0 radical (unpaired) electrons. The Hall–Kier alpha value is -5.57. The number of carbonyl (C=O) groups is 2. The predicted molar refractivity (Wildman–Crippen MR) is 190 cm³/mol. The van der Waals surface area contributed by atoms with Gasteiger partial charge in [-0.1, -0.05) is 65.8 Å². The van der Waals surface area contributed by atoms with Gasteiger partial charge in [-0.25, -0.2) is 4.68 Å². The Morgan fingerprint density at radius 2 is 1.19 bits per heavy atom. The largest absolute Gasteiger partial charge is 0.481 e. The summed E-state index contributed by atoms with van der Waals surface area (Å²) < 4.78 is 13.3. The van der Waals surface area contributed by atoms with Crippen molar-refractivity contribution in [1.29, 1.82) is 0 Å². The van der Waals surface area contributed by atoms with Gasteiger partial charge in [0, 0.05) is 17.3 Å². The highest BCUT2D eigenvalue weighted by Crippen LogP contribution is 2.28. The Balaban J connectivity index is 1.18. The summed E-state index contributed by atoms with van der Waals surface area (Å²) in [6.07, 6.45) is -0.737. The maximum atomic E-state index is 13.1. The van der Waals surface area contributed by atoms with Gasteiger partial charge >= 0.3 is 0 Å². The lowest BCUT2D eigenvalue weighted by atomic mass is 9.87. The number of anilines is 2. The van der Waals surface area contributed by atoms with Gasteiger partial charge in [0.25, 0.3) is 17.4 Å². The van der Waals surface area contributed by atoms with Crippen LogP contribution in [0.5, 0.6) is 17.2 Å². The minimum absolute atomic E-state index is 0.0228. The summed E-state index contributed by atoms with van der Waals surface area (Å²) >= 11 is 0. The maximum absolute atomic E-state index is 13.1. The second-order valence-corrected chi connectivity index (χ2v) is 13.8. The fourth-order valence-corrected chi connectivity index (χ4v) is 4.94. The summed E-state index contributed by atoms with van der Waals surface area (Å²) in [5.41, 5.74) is 3.58. The second kappa shape index (κ2) is 13.7. The Bertz CT molecular complexity index is 1930. The maximum Gasteiger partial charge on any atom is 0.266 e. The third-order valence-corrected chi connectivity index (χ3v) is 7.84. The molecule has 0 aliphatic heterocycles. The van der Waals surface area contributed by atoms with E-state index in [1.807, 2.05) is 36.4 Å². The number of rotatable bonds is 9. The molecule has 0 aliphatic rings. The molecule has 0 spiro atoms. The average molecular weight is 647 g/mol. The van der Waals surface area contributed by atoms with Gasteiger partial charge in [-0.05, 0) is 102 Å². The lowest BCUT2D eigenvalue weighted by Crippen LogP contribution is -2.30. The second-order valence-electron chi connectivity index (χ2n) is 13.8. The summed E-state index contributed by atoms with van der Waals surface area (Å²) in [6.45, 7) is 14.6. The van der Waals surface area contributed by atoms with Crippen molar-refractivity contribution in [3.05, 3.63) is 130 Å². The van der Waals surface area contributed by atoms with Crippen molar-refractivity contribution in [3.8, 4) is 22.9 Å². The Morgan fingerprint density at radius 1 is 0.688 bits per heavy atom. The van der Waals surface area contributed by atoms with E-state index in [2.05, 4.69) is 69.4 Å². The van der Waals surface area contributed by atoms with Crippen molar-refractivity contribution in [2.24, 2.45) is 0 Å². The van der Waals surface area contributed by atoms with Gasteiger partial charge in [-0.15, -0.1) is 0 Å². The predicted octanol–water partition coefficient (Wildman–Crippen LogP) is 8.21. The first-order valence-electron chi connectivity index (χ1n) is 15.9. The van der Waals surface area contributed by atoms with Crippen LogP contribution in [0, 0.1) is 0 Å². The number of benzene rings is 4. The molecule has 0 aliphatic carbocycles. The van der Waals surface area contributed by atoms with Gasteiger partial charge in [-0.3, -0.25) is 19.5 Å². The number of nitrogens with zero attached hydrogens (tertiary/aromatic N) is 1. The number of nitrogens with one attached hydrogen (secondary N) is 3. The van der Waals surface area contributed by atoms with Crippen LogP contribution in [0.25, 0.3) is 5.69 Å². The van der Waals surface area contributed by atoms with Crippen molar-refractivity contribution in [2.75, 3.05) is 10.6 Å². The van der Waals surface area contributed by atoms with Crippen molar-refractivity contribution in [1.82, 2.24) is 9.78 Å². The van der Waals surface area contributed by atoms with Crippen LogP contribution in [0.3, 0.4) is 0 Å². The number of carbonyl (C=O) groups excluding carboxylic acids is 2. The number of hydrogen-bond acceptors (Lipinski definition) is 5. The van der Waals surface area contributed by atoms with E-state index in [1.54, 1.807) is 55.5 Å². The van der Waals surface area contributed by atoms with Gasteiger partial charge in [0.15, 0.2) is 6.10 Å².